The SMILES string of the molecule is CCCCCCCCCCCCCN1C=C[NH+](C(=O)OCCCCOC(=O)n2cc[n+](C)c2)C1. The highest BCUT2D eigenvalue weighted by Gasteiger charge is 2.25. The molecule has 1 amide bonds. The topological polar surface area (TPSA) is 69.1 Å². The Hall–Kier alpha value is -2.35. The molecule has 8 nitrogen and oxygen atoms in total. The van der Waals surface area contributed by atoms with Gasteiger partial charge in [0.25, 0.3) is 6.33 Å². The highest BCUT2D eigenvalue weighted by Crippen LogP contribution is 2.11. The molecule has 0 saturated carbocycles. The first kappa shape index (κ1) is 27.9. The van der Waals surface area contributed by atoms with E-state index in [-0.39, 0.29) is 6.09 Å². The zero-order chi connectivity index (χ0) is 24.4. The number of quaternary nitrogens is 1. The van der Waals surface area contributed by atoms with Crippen molar-refractivity contribution in [2.75, 3.05) is 26.4 Å². The number of nitrogens with zero attached hydrogens (tertiary/aromatic N) is 3. The summed E-state index contributed by atoms with van der Waals surface area (Å²) in [5.41, 5.74) is 0. The van der Waals surface area contributed by atoms with Crippen molar-refractivity contribution in [3.63, 3.8) is 0 Å². The number of imidazole rings is 1. The summed E-state index contributed by atoms with van der Waals surface area (Å²) in [6.45, 7) is 4.55. The molecule has 1 aromatic heterocycles. The fraction of sp³-hybridized carbons (Fsp3) is 0.731. The van der Waals surface area contributed by atoms with E-state index < -0.39 is 6.09 Å². The third kappa shape index (κ3) is 11.7. The second-order valence-corrected chi connectivity index (χ2v) is 9.29. The van der Waals surface area contributed by atoms with Gasteiger partial charge in [0.2, 0.25) is 0 Å². The van der Waals surface area contributed by atoms with E-state index in [1.165, 1.54) is 75.2 Å². The van der Waals surface area contributed by atoms with Gasteiger partial charge in [-0.25, -0.2) is 4.57 Å². The number of aromatic nitrogens is 2. The van der Waals surface area contributed by atoms with Crippen LogP contribution in [0.5, 0.6) is 0 Å². The normalized spacial score (nSPS) is 15.1. The van der Waals surface area contributed by atoms with Gasteiger partial charge in [0.1, 0.15) is 18.6 Å². The molecule has 2 heterocycles. The molecule has 0 saturated heterocycles. The minimum absolute atomic E-state index is 0.241. The highest BCUT2D eigenvalue weighted by atomic mass is 16.6. The number of ether oxygens (including phenoxy) is 2. The average Bonchev–Trinajstić information content (AvgIpc) is 3.49. The lowest BCUT2D eigenvalue weighted by Gasteiger charge is -2.15. The third-order valence-corrected chi connectivity index (χ3v) is 6.15. The lowest BCUT2D eigenvalue weighted by Crippen LogP contribution is -3.10. The standard InChI is InChI=1S/C26H45N4O4/c1-3-4-5-6-7-8-9-10-11-12-13-16-28-18-20-30(24-28)26(32)34-22-15-14-21-33-25(31)29-19-17-27(2)23-29/h17-20,23H,3-16,21-22,24H2,1-2H3/q+1/p+1. The molecule has 0 aromatic carbocycles. The minimum Gasteiger partial charge on any atom is -0.431 e. The summed E-state index contributed by atoms with van der Waals surface area (Å²) in [5, 5.41) is 0. The number of nitrogens with one attached hydrogen (secondary N) is 1. The largest absolute Gasteiger partial charge is 0.520 e. The Labute approximate surface area is 205 Å². The zero-order valence-corrected chi connectivity index (χ0v) is 21.4. The molecule has 0 bridgehead atoms. The highest BCUT2D eigenvalue weighted by molar-refractivity contribution is 5.69. The van der Waals surface area contributed by atoms with Crippen LogP contribution in [0.25, 0.3) is 0 Å². The Kier molecular flexibility index (Phi) is 14.1. The van der Waals surface area contributed by atoms with Crippen LogP contribution in [0.1, 0.15) is 90.4 Å². The van der Waals surface area contributed by atoms with Crippen LogP contribution in [-0.2, 0) is 16.5 Å². The fourth-order valence-electron chi connectivity index (χ4n) is 4.04. The maximum absolute atomic E-state index is 12.3. The van der Waals surface area contributed by atoms with Crippen LogP contribution < -0.4 is 9.47 Å². The number of aryl methyl sites for hydroxylation is 1. The van der Waals surface area contributed by atoms with Crippen molar-refractivity contribution in [3.8, 4) is 0 Å². The minimum atomic E-state index is -0.401. The molecule has 0 radical (unpaired) electrons. The smallest absolute Gasteiger partial charge is 0.431 e. The summed E-state index contributed by atoms with van der Waals surface area (Å²) < 4.78 is 13.7. The van der Waals surface area contributed by atoms with Gasteiger partial charge in [-0.3, -0.25) is 0 Å². The number of alkyl carbamates (subject to hydrolysis) is 2. The van der Waals surface area contributed by atoms with Gasteiger partial charge in [-0.2, -0.15) is 14.5 Å². The van der Waals surface area contributed by atoms with Crippen molar-refractivity contribution in [1.29, 1.82) is 0 Å². The van der Waals surface area contributed by atoms with Crippen LogP contribution in [0.15, 0.2) is 31.1 Å². The van der Waals surface area contributed by atoms with Gasteiger partial charge in [-0.1, -0.05) is 71.1 Å². The van der Waals surface area contributed by atoms with E-state index in [2.05, 4.69) is 11.8 Å². The number of carbonyl (C=O) groups is 2. The van der Waals surface area contributed by atoms with Crippen LogP contribution in [0, 0.1) is 0 Å². The predicted molar refractivity (Wildman–Crippen MR) is 131 cm³/mol. The first-order valence-corrected chi connectivity index (χ1v) is 13.3. The van der Waals surface area contributed by atoms with Crippen molar-refractivity contribution in [3.05, 3.63) is 31.1 Å². The lowest BCUT2D eigenvalue weighted by atomic mass is 10.1. The quantitative estimate of drug-likeness (QED) is 0.269. The van der Waals surface area contributed by atoms with Gasteiger partial charge in [-0.05, 0) is 19.3 Å². The molecule has 192 valence electrons. The molecule has 0 fully saturated rings. The molecule has 2 rings (SSSR count). The monoisotopic (exact) mass is 478 g/mol. The number of unbranched alkanes of at least 4 members (excludes halogenated alkanes) is 11. The molecule has 1 atom stereocenters. The fourth-order valence-corrected chi connectivity index (χ4v) is 4.04. The van der Waals surface area contributed by atoms with Gasteiger partial charge in [-0.15, -0.1) is 4.57 Å². The summed E-state index contributed by atoms with van der Waals surface area (Å²) in [4.78, 5) is 27.0. The lowest BCUT2D eigenvalue weighted by molar-refractivity contribution is -0.770. The molecular weight excluding hydrogens is 432 g/mol. The molecule has 1 unspecified atom stereocenters. The number of hydrogen-bond donors (Lipinski definition) is 1. The van der Waals surface area contributed by atoms with Crippen molar-refractivity contribution < 1.29 is 28.5 Å². The molecule has 1 aliphatic heterocycles. The number of amides is 1. The van der Waals surface area contributed by atoms with E-state index in [4.69, 9.17) is 9.47 Å². The molecular formula is C26H46N4O4+2. The zero-order valence-electron chi connectivity index (χ0n) is 21.4. The Bertz CT molecular complexity index is 734. The van der Waals surface area contributed by atoms with Crippen LogP contribution >= 0.6 is 0 Å². The summed E-state index contributed by atoms with van der Waals surface area (Å²) in [6, 6.07) is 0. The van der Waals surface area contributed by atoms with Crippen molar-refractivity contribution in [2.45, 2.75) is 90.4 Å². The van der Waals surface area contributed by atoms with Gasteiger partial charge < -0.3 is 14.4 Å². The van der Waals surface area contributed by atoms with E-state index in [1.54, 1.807) is 23.3 Å². The Morgan fingerprint density at radius 3 is 2.12 bits per heavy atom. The van der Waals surface area contributed by atoms with Crippen molar-refractivity contribution in [1.82, 2.24) is 9.47 Å². The summed E-state index contributed by atoms with van der Waals surface area (Å²) in [5.74, 6) is 0. The maximum Gasteiger partial charge on any atom is 0.520 e. The van der Waals surface area contributed by atoms with Crippen LogP contribution in [0.2, 0.25) is 0 Å². The van der Waals surface area contributed by atoms with Crippen molar-refractivity contribution >= 4 is 12.2 Å². The van der Waals surface area contributed by atoms with Crippen LogP contribution in [0.3, 0.4) is 0 Å². The number of rotatable bonds is 17. The molecule has 1 aromatic rings. The summed E-state index contributed by atoms with van der Waals surface area (Å²) in [7, 11) is 1.84. The Balaban J connectivity index is 1.40. The first-order valence-electron chi connectivity index (χ1n) is 13.3. The average molecular weight is 479 g/mol. The third-order valence-electron chi connectivity index (χ3n) is 6.15. The summed E-state index contributed by atoms with van der Waals surface area (Å²) in [6.07, 6.45) is 24.4. The molecule has 1 N–H and O–H groups in total. The second-order valence-electron chi connectivity index (χ2n) is 9.29. The predicted octanol–water partition coefficient (Wildman–Crippen LogP) is 4.15. The molecule has 8 heteroatoms. The van der Waals surface area contributed by atoms with E-state index >= 15 is 0 Å². The van der Waals surface area contributed by atoms with Gasteiger partial charge in [0, 0.05) is 6.54 Å². The van der Waals surface area contributed by atoms with Gasteiger partial charge in [0.05, 0.1) is 26.5 Å². The van der Waals surface area contributed by atoms with Crippen LogP contribution in [0.4, 0.5) is 9.59 Å². The summed E-state index contributed by atoms with van der Waals surface area (Å²) >= 11 is 0. The number of carbonyl (C=O) groups excluding carboxylic acids is 2. The number of hydrogen-bond acceptors (Lipinski definition) is 5. The van der Waals surface area contributed by atoms with Gasteiger partial charge >= 0.3 is 12.2 Å². The maximum atomic E-state index is 12.3. The molecule has 1 aliphatic rings. The Morgan fingerprint density at radius 1 is 0.882 bits per heavy atom. The van der Waals surface area contributed by atoms with E-state index in [0.29, 0.717) is 32.7 Å². The second kappa shape index (κ2) is 17.1. The van der Waals surface area contributed by atoms with Crippen molar-refractivity contribution in [2.24, 2.45) is 7.05 Å². The first-order chi connectivity index (χ1) is 16.6. The Morgan fingerprint density at radius 2 is 1.50 bits per heavy atom. The van der Waals surface area contributed by atoms with Gasteiger partial charge in [0.15, 0.2) is 6.67 Å². The van der Waals surface area contributed by atoms with Crippen LogP contribution in [-0.4, -0.2) is 48.1 Å². The molecule has 34 heavy (non-hydrogen) atoms. The van der Waals surface area contributed by atoms with E-state index in [0.717, 1.165) is 11.4 Å². The van der Waals surface area contributed by atoms with E-state index in [1.807, 2.05) is 19.4 Å². The molecule has 0 spiro atoms. The molecule has 0 aliphatic carbocycles. The van der Waals surface area contributed by atoms with E-state index in [9.17, 15) is 9.59 Å².